The highest BCUT2D eigenvalue weighted by Gasteiger charge is 2.19. The summed E-state index contributed by atoms with van der Waals surface area (Å²) < 4.78 is 18.5. The summed E-state index contributed by atoms with van der Waals surface area (Å²) in [7, 11) is 0. The third kappa shape index (κ3) is 4.35. The van der Waals surface area contributed by atoms with E-state index in [4.69, 9.17) is 4.74 Å². The number of halogens is 1. The molecule has 1 aromatic carbocycles. The molecular weight excluding hydrogens is 217 g/mol. The average Bonchev–Trinajstić information content (AvgIpc) is 3.09. The van der Waals surface area contributed by atoms with Gasteiger partial charge in [0.2, 0.25) is 0 Å². The van der Waals surface area contributed by atoms with Gasteiger partial charge in [0.05, 0.1) is 6.61 Å². The number of unbranched alkanes of at least 4 members (excludes halogenated alkanes) is 1. The van der Waals surface area contributed by atoms with Crippen LogP contribution >= 0.6 is 0 Å². The molecule has 1 saturated carbocycles. The van der Waals surface area contributed by atoms with Crippen molar-refractivity contribution in [2.75, 3.05) is 13.2 Å². The Morgan fingerprint density at radius 2 is 2.18 bits per heavy atom. The molecule has 0 unspecified atom stereocenters. The standard InChI is InChI=1S/C14H20FNO/c1-11-10-12(15)4-7-14(11)17-9-3-2-8-16-13-5-6-13/h4,7,10,13,16H,2-3,5-6,8-9H2,1H3. The molecule has 94 valence electrons. The molecule has 0 amide bonds. The van der Waals surface area contributed by atoms with E-state index in [0.717, 1.165) is 36.7 Å². The van der Waals surface area contributed by atoms with E-state index in [9.17, 15) is 4.39 Å². The summed E-state index contributed by atoms with van der Waals surface area (Å²) in [5, 5.41) is 3.47. The molecule has 2 rings (SSSR count). The summed E-state index contributed by atoms with van der Waals surface area (Å²) in [5.41, 5.74) is 0.862. The van der Waals surface area contributed by atoms with Crippen molar-refractivity contribution in [2.45, 2.75) is 38.6 Å². The lowest BCUT2D eigenvalue weighted by atomic mass is 10.2. The fourth-order valence-electron chi connectivity index (χ4n) is 1.78. The van der Waals surface area contributed by atoms with Crippen LogP contribution in [0.4, 0.5) is 4.39 Å². The van der Waals surface area contributed by atoms with Gasteiger partial charge in [-0.1, -0.05) is 0 Å². The van der Waals surface area contributed by atoms with Crippen LogP contribution in [0.15, 0.2) is 18.2 Å². The Morgan fingerprint density at radius 3 is 2.88 bits per heavy atom. The average molecular weight is 237 g/mol. The third-order valence-corrected chi connectivity index (χ3v) is 2.98. The van der Waals surface area contributed by atoms with Crippen molar-refractivity contribution in [3.63, 3.8) is 0 Å². The van der Waals surface area contributed by atoms with Crippen molar-refractivity contribution in [1.29, 1.82) is 0 Å². The van der Waals surface area contributed by atoms with Crippen molar-refractivity contribution in [3.05, 3.63) is 29.6 Å². The predicted molar refractivity (Wildman–Crippen MR) is 66.9 cm³/mol. The first-order valence-electron chi connectivity index (χ1n) is 6.38. The van der Waals surface area contributed by atoms with E-state index in [0.29, 0.717) is 6.61 Å². The predicted octanol–water partition coefficient (Wildman–Crippen LogP) is 3.05. The summed E-state index contributed by atoms with van der Waals surface area (Å²) in [6.45, 7) is 3.66. The molecule has 1 aliphatic rings. The van der Waals surface area contributed by atoms with Gasteiger partial charge in [-0.3, -0.25) is 0 Å². The molecule has 0 spiro atoms. The van der Waals surface area contributed by atoms with Crippen LogP contribution in [0.2, 0.25) is 0 Å². The lowest BCUT2D eigenvalue weighted by molar-refractivity contribution is 0.303. The highest BCUT2D eigenvalue weighted by molar-refractivity contribution is 5.32. The van der Waals surface area contributed by atoms with E-state index < -0.39 is 0 Å². The van der Waals surface area contributed by atoms with E-state index >= 15 is 0 Å². The first kappa shape index (κ1) is 12.4. The quantitative estimate of drug-likeness (QED) is 0.736. The van der Waals surface area contributed by atoms with Crippen molar-refractivity contribution in [2.24, 2.45) is 0 Å². The van der Waals surface area contributed by atoms with E-state index in [1.54, 1.807) is 6.07 Å². The summed E-state index contributed by atoms with van der Waals surface area (Å²) in [6.07, 6.45) is 4.85. The van der Waals surface area contributed by atoms with Crippen LogP contribution in [0.3, 0.4) is 0 Å². The molecule has 0 aliphatic heterocycles. The molecule has 1 fully saturated rings. The van der Waals surface area contributed by atoms with Crippen molar-refractivity contribution in [3.8, 4) is 5.75 Å². The highest BCUT2D eigenvalue weighted by Crippen LogP contribution is 2.19. The minimum absolute atomic E-state index is 0.205. The summed E-state index contributed by atoms with van der Waals surface area (Å²) >= 11 is 0. The fraction of sp³-hybridized carbons (Fsp3) is 0.571. The maximum absolute atomic E-state index is 12.9. The number of hydrogen-bond acceptors (Lipinski definition) is 2. The normalized spacial score (nSPS) is 14.9. The summed E-state index contributed by atoms with van der Waals surface area (Å²) in [6, 6.07) is 5.43. The Labute approximate surface area is 102 Å². The smallest absolute Gasteiger partial charge is 0.123 e. The van der Waals surface area contributed by atoms with Gasteiger partial charge in [-0.2, -0.15) is 0 Å². The second-order valence-electron chi connectivity index (χ2n) is 4.69. The molecule has 1 aliphatic carbocycles. The van der Waals surface area contributed by atoms with Crippen LogP contribution in [-0.4, -0.2) is 19.2 Å². The number of nitrogens with one attached hydrogen (secondary N) is 1. The molecule has 3 heteroatoms. The molecule has 0 aromatic heterocycles. The topological polar surface area (TPSA) is 21.3 Å². The fourth-order valence-corrected chi connectivity index (χ4v) is 1.78. The van der Waals surface area contributed by atoms with Gasteiger partial charge < -0.3 is 10.1 Å². The Kier molecular flexibility index (Phi) is 4.37. The Morgan fingerprint density at radius 1 is 1.35 bits per heavy atom. The minimum Gasteiger partial charge on any atom is -0.493 e. The SMILES string of the molecule is Cc1cc(F)ccc1OCCCCNC1CC1. The monoisotopic (exact) mass is 237 g/mol. The number of ether oxygens (including phenoxy) is 1. The van der Waals surface area contributed by atoms with Crippen molar-refractivity contribution >= 4 is 0 Å². The van der Waals surface area contributed by atoms with Crippen molar-refractivity contribution in [1.82, 2.24) is 5.32 Å². The van der Waals surface area contributed by atoms with Gasteiger partial charge in [-0.15, -0.1) is 0 Å². The molecule has 17 heavy (non-hydrogen) atoms. The van der Waals surface area contributed by atoms with Gasteiger partial charge in [-0.05, 0) is 62.9 Å². The number of hydrogen-bond donors (Lipinski definition) is 1. The maximum Gasteiger partial charge on any atom is 0.123 e. The number of benzene rings is 1. The van der Waals surface area contributed by atoms with Gasteiger partial charge in [-0.25, -0.2) is 4.39 Å². The van der Waals surface area contributed by atoms with Gasteiger partial charge >= 0.3 is 0 Å². The van der Waals surface area contributed by atoms with E-state index in [2.05, 4.69) is 5.32 Å². The van der Waals surface area contributed by atoms with E-state index in [1.807, 2.05) is 6.92 Å². The van der Waals surface area contributed by atoms with E-state index in [1.165, 1.54) is 25.0 Å². The zero-order chi connectivity index (χ0) is 12.1. The van der Waals surface area contributed by atoms with Crippen LogP contribution in [0, 0.1) is 12.7 Å². The van der Waals surface area contributed by atoms with Crippen LogP contribution in [0.25, 0.3) is 0 Å². The van der Waals surface area contributed by atoms with Crippen LogP contribution in [0.1, 0.15) is 31.2 Å². The van der Waals surface area contributed by atoms with Gasteiger partial charge in [0.15, 0.2) is 0 Å². The molecule has 1 N–H and O–H groups in total. The zero-order valence-electron chi connectivity index (χ0n) is 10.3. The lowest BCUT2D eigenvalue weighted by Gasteiger charge is -2.09. The third-order valence-electron chi connectivity index (χ3n) is 2.98. The molecule has 0 heterocycles. The summed E-state index contributed by atoms with van der Waals surface area (Å²) in [5.74, 6) is 0.588. The van der Waals surface area contributed by atoms with Gasteiger partial charge in [0.1, 0.15) is 11.6 Å². The highest BCUT2D eigenvalue weighted by atomic mass is 19.1. The zero-order valence-corrected chi connectivity index (χ0v) is 10.3. The molecular formula is C14H20FNO. The second kappa shape index (κ2) is 6.01. The Balaban J connectivity index is 1.60. The summed E-state index contributed by atoms with van der Waals surface area (Å²) in [4.78, 5) is 0. The van der Waals surface area contributed by atoms with Crippen molar-refractivity contribution < 1.29 is 9.13 Å². The molecule has 0 bridgehead atoms. The van der Waals surface area contributed by atoms with Crippen LogP contribution in [-0.2, 0) is 0 Å². The first-order chi connectivity index (χ1) is 8.25. The minimum atomic E-state index is -0.205. The maximum atomic E-state index is 12.9. The first-order valence-corrected chi connectivity index (χ1v) is 6.38. The number of aryl methyl sites for hydroxylation is 1. The largest absolute Gasteiger partial charge is 0.493 e. The van der Waals surface area contributed by atoms with E-state index in [-0.39, 0.29) is 5.82 Å². The lowest BCUT2D eigenvalue weighted by Crippen LogP contribution is -2.17. The molecule has 0 saturated heterocycles. The molecule has 1 aromatic rings. The Bertz CT molecular complexity index is 363. The molecule has 2 nitrogen and oxygen atoms in total. The number of rotatable bonds is 7. The molecule has 0 radical (unpaired) electrons. The second-order valence-corrected chi connectivity index (χ2v) is 4.69. The van der Waals surface area contributed by atoms with Gasteiger partial charge in [0, 0.05) is 6.04 Å². The molecule has 0 atom stereocenters. The Hall–Kier alpha value is -1.09. The van der Waals surface area contributed by atoms with Gasteiger partial charge in [0.25, 0.3) is 0 Å². The van der Waals surface area contributed by atoms with Crippen LogP contribution < -0.4 is 10.1 Å². The van der Waals surface area contributed by atoms with Crippen LogP contribution in [0.5, 0.6) is 5.75 Å².